The van der Waals surface area contributed by atoms with Gasteiger partial charge in [0, 0.05) is 6.07 Å². The highest BCUT2D eigenvalue weighted by molar-refractivity contribution is 5.79. The number of para-hydroxylation sites is 2. The number of fused-ring (bicyclic) bond motifs is 1. The molecule has 1 heterocycles. The van der Waals surface area contributed by atoms with Gasteiger partial charge in [-0.05, 0) is 31.2 Å². The van der Waals surface area contributed by atoms with Gasteiger partial charge in [-0.15, -0.1) is 0 Å². The number of carbonyl (C=O) groups is 1. The van der Waals surface area contributed by atoms with Crippen molar-refractivity contribution < 1.29 is 22.7 Å². The molecular weight excluding hydrogens is 347 g/mol. The first-order valence-corrected chi connectivity index (χ1v) is 7.88. The fourth-order valence-electron chi connectivity index (χ4n) is 2.63. The van der Waals surface area contributed by atoms with Crippen LogP contribution in [0.5, 0.6) is 5.75 Å². The Hall–Kier alpha value is -3.03. The molecule has 1 amide bonds. The molecule has 1 aromatic heterocycles. The lowest BCUT2D eigenvalue weighted by Gasteiger charge is -2.16. The average Bonchev–Trinajstić information content (AvgIpc) is 3.00. The van der Waals surface area contributed by atoms with E-state index in [-0.39, 0.29) is 23.7 Å². The third kappa shape index (κ3) is 3.79. The van der Waals surface area contributed by atoms with Crippen molar-refractivity contribution in [1.82, 2.24) is 14.9 Å². The fraction of sp³-hybridized carbons (Fsp3) is 0.222. The van der Waals surface area contributed by atoms with Gasteiger partial charge >= 0.3 is 6.55 Å². The van der Waals surface area contributed by atoms with Gasteiger partial charge in [0.15, 0.2) is 6.61 Å². The van der Waals surface area contributed by atoms with Gasteiger partial charge in [0.1, 0.15) is 17.4 Å². The number of hydrogen-bond acceptors (Lipinski definition) is 3. The number of hydrogen-bond donors (Lipinski definition) is 1. The number of rotatable bonds is 6. The largest absolute Gasteiger partial charge is 0.484 e. The van der Waals surface area contributed by atoms with Crippen LogP contribution in [0.4, 0.5) is 13.2 Å². The summed E-state index contributed by atoms with van der Waals surface area (Å²) >= 11 is 0. The quantitative estimate of drug-likeness (QED) is 0.724. The van der Waals surface area contributed by atoms with E-state index in [9.17, 15) is 18.0 Å². The Morgan fingerprint density at radius 2 is 2.00 bits per heavy atom. The zero-order valence-corrected chi connectivity index (χ0v) is 13.8. The van der Waals surface area contributed by atoms with Gasteiger partial charge in [-0.3, -0.25) is 9.36 Å². The molecule has 1 atom stereocenters. The van der Waals surface area contributed by atoms with Gasteiger partial charge in [-0.1, -0.05) is 18.2 Å². The topological polar surface area (TPSA) is 56.1 Å². The van der Waals surface area contributed by atoms with Gasteiger partial charge in [0.25, 0.3) is 5.91 Å². The lowest BCUT2D eigenvalue weighted by molar-refractivity contribution is -0.123. The van der Waals surface area contributed by atoms with Crippen LogP contribution in [0, 0.1) is 5.82 Å². The summed E-state index contributed by atoms with van der Waals surface area (Å²) in [7, 11) is 0. The van der Waals surface area contributed by atoms with Crippen LogP contribution in [-0.2, 0) is 4.79 Å². The summed E-state index contributed by atoms with van der Waals surface area (Å²) in [5.41, 5.74) is 0.703. The predicted molar refractivity (Wildman–Crippen MR) is 89.4 cm³/mol. The standard InChI is InChI=1S/C18H16F3N3O2/c1-11(22-16(25)10-26-13-6-4-5-12(19)9-13)17-23-14-7-2-3-8-15(14)24(17)18(20)21/h2-9,11,18H,10H2,1H3,(H,22,25)/t11-/m0/s1. The molecule has 0 bridgehead atoms. The average molecular weight is 363 g/mol. The third-order valence-corrected chi connectivity index (χ3v) is 3.75. The zero-order chi connectivity index (χ0) is 18.7. The summed E-state index contributed by atoms with van der Waals surface area (Å²) in [5.74, 6) is -0.774. The van der Waals surface area contributed by atoms with Gasteiger partial charge in [-0.25, -0.2) is 9.37 Å². The first-order valence-electron chi connectivity index (χ1n) is 7.88. The first kappa shape index (κ1) is 17.8. The highest BCUT2D eigenvalue weighted by Crippen LogP contribution is 2.26. The second-order valence-electron chi connectivity index (χ2n) is 5.64. The van der Waals surface area contributed by atoms with Crippen LogP contribution in [-0.4, -0.2) is 22.1 Å². The van der Waals surface area contributed by atoms with Crippen LogP contribution in [0.3, 0.4) is 0 Å². The van der Waals surface area contributed by atoms with E-state index in [1.807, 2.05) is 0 Å². The molecule has 3 rings (SSSR count). The lowest BCUT2D eigenvalue weighted by atomic mass is 10.3. The minimum atomic E-state index is -2.79. The van der Waals surface area contributed by atoms with Crippen molar-refractivity contribution in [2.24, 2.45) is 0 Å². The van der Waals surface area contributed by atoms with Crippen LogP contribution in [0.25, 0.3) is 11.0 Å². The SMILES string of the molecule is C[C@H](NC(=O)COc1cccc(F)c1)c1nc2ccccc2n1C(F)F. The van der Waals surface area contributed by atoms with Crippen molar-refractivity contribution >= 4 is 16.9 Å². The molecule has 136 valence electrons. The number of ether oxygens (including phenoxy) is 1. The van der Waals surface area contributed by atoms with Gasteiger partial charge in [0.2, 0.25) is 0 Å². The fourth-order valence-corrected chi connectivity index (χ4v) is 2.63. The number of benzene rings is 2. The van der Waals surface area contributed by atoms with Crippen molar-refractivity contribution in [3.05, 3.63) is 60.2 Å². The Bertz CT molecular complexity index is 927. The summed E-state index contributed by atoms with van der Waals surface area (Å²) in [6.45, 7) is -1.61. The van der Waals surface area contributed by atoms with Gasteiger partial charge in [0.05, 0.1) is 17.1 Å². The van der Waals surface area contributed by atoms with Crippen molar-refractivity contribution in [3.8, 4) is 5.75 Å². The summed E-state index contributed by atoms with van der Waals surface area (Å²) in [5, 5.41) is 2.56. The Labute approximate surface area is 147 Å². The van der Waals surface area contributed by atoms with Crippen LogP contribution in [0.1, 0.15) is 25.3 Å². The number of amides is 1. The number of aromatic nitrogens is 2. The van der Waals surface area contributed by atoms with Crippen molar-refractivity contribution in [2.45, 2.75) is 19.5 Å². The molecule has 0 radical (unpaired) electrons. The number of nitrogens with one attached hydrogen (secondary N) is 1. The Morgan fingerprint density at radius 3 is 2.73 bits per heavy atom. The minimum absolute atomic E-state index is 0.0419. The maximum absolute atomic E-state index is 13.4. The molecular formula is C18H16F3N3O2. The van der Waals surface area contributed by atoms with E-state index in [0.29, 0.717) is 5.52 Å². The smallest absolute Gasteiger partial charge is 0.320 e. The Morgan fingerprint density at radius 1 is 1.23 bits per heavy atom. The number of carbonyl (C=O) groups excluding carboxylic acids is 1. The molecule has 0 aliphatic rings. The summed E-state index contributed by atoms with van der Waals surface area (Å²) < 4.78 is 46.0. The molecule has 26 heavy (non-hydrogen) atoms. The number of alkyl halides is 2. The second-order valence-corrected chi connectivity index (χ2v) is 5.64. The van der Waals surface area contributed by atoms with Crippen molar-refractivity contribution in [3.63, 3.8) is 0 Å². The highest BCUT2D eigenvalue weighted by Gasteiger charge is 2.22. The number of imidazole rings is 1. The monoisotopic (exact) mass is 363 g/mol. The van der Waals surface area contributed by atoms with Crippen LogP contribution in [0.15, 0.2) is 48.5 Å². The zero-order valence-electron chi connectivity index (χ0n) is 13.8. The van der Waals surface area contributed by atoms with E-state index >= 15 is 0 Å². The van der Waals surface area contributed by atoms with E-state index in [4.69, 9.17) is 4.74 Å². The summed E-state index contributed by atoms with van der Waals surface area (Å²) in [6.07, 6.45) is 0. The Kier molecular flexibility index (Phi) is 5.11. The third-order valence-electron chi connectivity index (χ3n) is 3.75. The normalized spacial score (nSPS) is 12.3. The molecule has 1 N–H and O–H groups in total. The van der Waals surface area contributed by atoms with Gasteiger partial charge < -0.3 is 10.1 Å². The Balaban J connectivity index is 1.71. The predicted octanol–water partition coefficient (Wildman–Crippen LogP) is 3.83. The molecule has 8 heteroatoms. The van der Waals surface area contributed by atoms with E-state index in [1.54, 1.807) is 31.2 Å². The van der Waals surface area contributed by atoms with Crippen LogP contribution in [0.2, 0.25) is 0 Å². The molecule has 0 saturated heterocycles. The second kappa shape index (κ2) is 7.47. The minimum Gasteiger partial charge on any atom is -0.484 e. The molecule has 0 unspecified atom stereocenters. The van der Waals surface area contributed by atoms with Crippen LogP contribution >= 0.6 is 0 Å². The van der Waals surface area contributed by atoms with Crippen molar-refractivity contribution in [2.75, 3.05) is 6.61 Å². The molecule has 0 spiro atoms. The van der Waals surface area contributed by atoms with Gasteiger partial charge in [-0.2, -0.15) is 8.78 Å². The summed E-state index contributed by atoms with van der Waals surface area (Å²) in [6, 6.07) is 11.1. The molecule has 0 fully saturated rings. The van der Waals surface area contributed by atoms with E-state index in [0.717, 1.165) is 10.6 Å². The molecule has 0 saturated carbocycles. The first-order chi connectivity index (χ1) is 12.5. The molecule has 3 aromatic rings. The molecule has 5 nitrogen and oxygen atoms in total. The van der Waals surface area contributed by atoms with Crippen molar-refractivity contribution in [1.29, 1.82) is 0 Å². The molecule has 2 aromatic carbocycles. The van der Waals surface area contributed by atoms with E-state index in [1.165, 1.54) is 18.2 Å². The maximum Gasteiger partial charge on any atom is 0.320 e. The lowest BCUT2D eigenvalue weighted by Crippen LogP contribution is -2.32. The molecule has 0 aliphatic carbocycles. The highest BCUT2D eigenvalue weighted by atomic mass is 19.3. The van der Waals surface area contributed by atoms with E-state index < -0.39 is 24.3 Å². The number of nitrogens with zero attached hydrogens (tertiary/aromatic N) is 2. The van der Waals surface area contributed by atoms with Crippen LogP contribution < -0.4 is 10.1 Å². The number of halogens is 3. The molecule has 0 aliphatic heterocycles. The maximum atomic E-state index is 13.4. The van der Waals surface area contributed by atoms with E-state index in [2.05, 4.69) is 10.3 Å². The summed E-state index contributed by atoms with van der Waals surface area (Å²) in [4.78, 5) is 16.2.